The molecule has 1 fully saturated rings. The molecule has 7 nitrogen and oxygen atoms in total. The Kier molecular flexibility index (Phi) is 4.92. The minimum Gasteiger partial charge on any atom is -0.480 e. The zero-order chi connectivity index (χ0) is 18.8. The summed E-state index contributed by atoms with van der Waals surface area (Å²) in [5.74, 6) is -2.64. The van der Waals surface area contributed by atoms with Gasteiger partial charge in [-0.15, -0.1) is 0 Å². The number of hydrogen-bond donors (Lipinski definition) is 2. The lowest BCUT2D eigenvalue weighted by atomic mass is 10.2. The molecule has 2 aromatic rings. The van der Waals surface area contributed by atoms with Gasteiger partial charge in [0.1, 0.15) is 10.9 Å². The molecule has 1 aromatic carbocycles. The number of nitrogens with zero attached hydrogens (tertiary/aromatic N) is 2. The van der Waals surface area contributed by atoms with E-state index in [1.165, 1.54) is 12.1 Å². The molecular formula is C17H12N2O5S2. The quantitative estimate of drug-likeness (QED) is 0.599. The van der Waals surface area contributed by atoms with Crippen LogP contribution in [0.3, 0.4) is 0 Å². The maximum atomic E-state index is 12.4. The lowest BCUT2D eigenvalue weighted by Gasteiger charge is -2.10. The highest BCUT2D eigenvalue weighted by Crippen LogP contribution is 2.32. The Balaban J connectivity index is 1.95. The lowest BCUT2D eigenvalue weighted by Crippen LogP contribution is -2.33. The molecular weight excluding hydrogens is 376 g/mol. The topological polar surface area (TPSA) is 99.8 Å². The van der Waals surface area contributed by atoms with Crippen LogP contribution in [-0.2, 0) is 9.59 Å². The summed E-state index contributed by atoms with van der Waals surface area (Å²) >= 11 is 6.10. The van der Waals surface area contributed by atoms with Crippen LogP contribution in [0.25, 0.3) is 11.8 Å². The lowest BCUT2D eigenvalue weighted by molar-refractivity contribution is -0.140. The van der Waals surface area contributed by atoms with Crippen LogP contribution in [-0.4, -0.2) is 48.4 Å². The van der Waals surface area contributed by atoms with E-state index in [-0.39, 0.29) is 9.88 Å². The second kappa shape index (κ2) is 7.14. The number of carboxylic acids is 2. The van der Waals surface area contributed by atoms with Crippen LogP contribution in [0.5, 0.6) is 0 Å². The first-order chi connectivity index (χ1) is 12.4. The fourth-order valence-electron chi connectivity index (χ4n) is 2.44. The Hall–Kier alpha value is -2.91. The van der Waals surface area contributed by atoms with Crippen molar-refractivity contribution in [2.45, 2.75) is 0 Å². The molecule has 1 saturated heterocycles. The monoisotopic (exact) mass is 388 g/mol. The van der Waals surface area contributed by atoms with Crippen molar-refractivity contribution in [1.82, 2.24) is 9.47 Å². The predicted octanol–water partition coefficient (Wildman–Crippen LogP) is 2.46. The van der Waals surface area contributed by atoms with Crippen molar-refractivity contribution in [2.75, 3.05) is 6.54 Å². The first kappa shape index (κ1) is 17.9. The van der Waals surface area contributed by atoms with Crippen LogP contribution in [0, 0.1) is 0 Å². The van der Waals surface area contributed by atoms with Crippen LogP contribution in [0.4, 0.5) is 0 Å². The zero-order valence-electron chi connectivity index (χ0n) is 13.2. The number of carbonyl (C=O) groups excluding carboxylic acids is 1. The molecule has 0 aliphatic carbocycles. The number of aromatic carboxylic acids is 1. The highest BCUT2D eigenvalue weighted by molar-refractivity contribution is 8.26. The summed E-state index contributed by atoms with van der Waals surface area (Å²) in [6, 6.07) is 9.92. The number of thiocarbonyl (C=S) groups is 1. The summed E-state index contributed by atoms with van der Waals surface area (Å²) in [5.41, 5.74) is 1.42. The summed E-state index contributed by atoms with van der Waals surface area (Å²) < 4.78 is 1.92. The SMILES string of the molecule is O=C(O)CN1C(=O)/C(=C\c2cccn2-c2cccc(C(=O)O)c2)SC1=S. The number of amides is 1. The minimum atomic E-state index is -1.14. The Bertz CT molecular complexity index is 964. The highest BCUT2D eigenvalue weighted by atomic mass is 32.2. The van der Waals surface area contributed by atoms with E-state index in [0.29, 0.717) is 16.3 Å². The number of aliphatic carboxylic acids is 1. The number of carbonyl (C=O) groups is 3. The molecule has 0 saturated carbocycles. The fraction of sp³-hybridized carbons (Fsp3) is 0.0588. The molecule has 1 amide bonds. The third-order valence-electron chi connectivity index (χ3n) is 3.60. The number of benzene rings is 1. The molecule has 2 N–H and O–H groups in total. The first-order valence-electron chi connectivity index (χ1n) is 7.35. The van der Waals surface area contributed by atoms with Crippen LogP contribution in [0.2, 0.25) is 0 Å². The van der Waals surface area contributed by atoms with Gasteiger partial charge >= 0.3 is 11.9 Å². The van der Waals surface area contributed by atoms with Gasteiger partial charge in [0.2, 0.25) is 0 Å². The summed E-state index contributed by atoms with van der Waals surface area (Å²) in [4.78, 5) is 35.7. The van der Waals surface area contributed by atoms with Gasteiger partial charge in [-0.3, -0.25) is 14.5 Å². The normalized spacial score (nSPS) is 15.7. The van der Waals surface area contributed by atoms with E-state index in [1.54, 1.807) is 41.1 Å². The Morgan fingerprint density at radius 2 is 1.96 bits per heavy atom. The van der Waals surface area contributed by atoms with Crippen LogP contribution >= 0.6 is 24.0 Å². The maximum Gasteiger partial charge on any atom is 0.335 e. The van der Waals surface area contributed by atoms with E-state index in [9.17, 15) is 14.4 Å². The average molecular weight is 388 g/mol. The van der Waals surface area contributed by atoms with Crippen molar-refractivity contribution >= 4 is 52.2 Å². The predicted molar refractivity (Wildman–Crippen MR) is 100 cm³/mol. The van der Waals surface area contributed by atoms with Gasteiger partial charge in [0, 0.05) is 17.6 Å². The van der Waals surface area contributed by atoms with Gasteiger partial charge in [0.05, 0.1) is 10.5 Å². The van der Waals surface area contributed by atoms with Crippen molar-refractivity contribution in [2.24, 2.45) is 0 Å². The second-order valence-electron chi connectivity index (χ2n) is 5.32. The molecule has 0 radical (unpaired) electrons. The van der Waals surface area contributed by atoms with E-state index in [1.807, 2.05) is 0 Å². The van der Waals surface area contributed by atoms with Crippen molar-refractivity contribution in [1.29, 1.82) is 0 Å². The van der Waals surface area contributed by atoms with Gasteiger partial charge in [0.15, 0.2) is 0 Å². The van der Waals surface area contributed by atoms with Crippen molar-refractivity contribution in [3.63, 3.8) is 0 Å². The van der Waals surface area contributed by atoms with Crippen LogP contribution < -0.4 is 0 Å². The van der Waals surface area contributed by atoms with Crippen molar-refractivity contribution in [3.05, 3.63) is 58.8 Å². The molecule has 9 heteroatoms. The highest BCUT2D eigenvalue weighted by Gasteiger charge is 2.33. The van der Waals surface area contributed by atoms with E-state index in [2.05, 4.69) is 0 Å². The zero-order valence-corrected chi connectivity index (χ0v) is 14.8. The smallest absolute Gasteiger partial charge is 0.335 e. The molecule has 0 bridgehead atoms. The van der Waals surface area contributed by atoms with Gasteiger partial charge in [-0.1, -0.05) is 30.0 Å². The average Bonchev–Trinajstić information content (AvgIpc) is 3.15. The van der Waals surface area contributed by atoms with Crippen LogP contribution in [0.15, 0.2) is 47.5 Å². The maximum absolute atomic E-state index is 12.4. The van der Waals surface area contributed by atoms with Gasteiger partial charge < -0.3 is 14.8 Å². The summed E-state index contributed by atoms with van der Waals surface area (Å²) in [7, 11) is 0. The number of rotatable bonds is 5. The standard InChI is InChI=1S/C17H12N2O5S2/c20-14(21)9-19-15(22)13(26-17(19)25)8-12-5-2-6-18(12)11-4-1-3-10(7-11)16(23)24/h1-8H,9H2,(H,20,21)(H,23,24)/b13-8+. The number of hydrogen-bond acceptors (Lipinski definition) is 5. The molecule has 1 aliphatic rings. The fourth-order valence-corrected chi connectivity index (χ4v) is 3.68. The number of thioether (sulfide) groups is 1. The Morgan fingerprint density at radius 3 is 2.65 bits per heavy atom. The summed E-state index contributed by atoms with van der Waals surface area (Å²) in [6.45, 7) is -0.482. The third-order valence-corrected chi connectivity index (χ3v) is 4.98. The third kappa shape index (κ3) is 3.53. The molecule has 26 heavy (non-hydrogen) atoms. The van der Waals surface area contributed by atoms with Gasteiger partial charge in [0.25, 0.3) is 5.91 Å². The van der Waals surface area contributed by atoms with Crippen molar-refractivity contribution < 1.29 is 24.6 Å². The van der Waals surface area contributed by atoms with Gasteiger partial charge in [-0.2, -0.15) is 0 Å². The molecule has 1 aliphatic heterocycles. The minimum absolute atomic E-state index is 0.148. The number of aromatic nitrogens is 1. The molecule has 0 atom stereocenters. The van der Waals surface area contributed by atoms with E-state index in [0.717, 1.165) is 16.7 Å². The van der Waals surface area contributed by atoms with E-state index in [4.69, 9.17) is 22.4 Å². The first-order valence-corrected chi connectivity index (χ1v) is 8.57. The largest absolute Gasteiger partial charge is 0.480 e. The Morgan fingerprint density at radius 1 is 1.19 bits per heavy atom. The van der Waals surface area contributed by atoms with Crippen molar-refractivity contribution in [3.8, 4) is 5.69 Å². The molecule has 3 rings (SSSR count). The molecule has 0 unspecified atom stereocenters. The van der Waals surface area contributed by atoms with Gasteiger partial charge in [-0.25, -0.2) is 4.79 Å². The molecule has 0 spiro atoms. The molecule has 1 aromatic heterocycles. The van der Waals surface area contributed by atoms with Gasteiger partial charge in [-0.05, 0) is 36.4 Å². The molecule has 2 heterocycles. The Labute approximate surface area is 157 Å². The summed E-state index contributed by atoms with van der Waals surface area (Å²) in [6.07, 6.45) is 3.35. The number of carboxylic acid groups (broad SMARTS) is 2. The second-order valence-corrected chi connectivity index (χ2v) is 7.00. The van der Waals surface area contributed by atoms with E-state index < -0.39 is 24.4 Å². The molecule has 132 valence electrons. The summed E-state index contributed by atoms with van der Waals surface area (Å²) in [5, 5.41) is 18.0. The van der Waals surface area contributed by atoms with E-state index >= 15 is 0 Å². The van der Waals surface area contributed by atoms with Crippen LogP contribution in [0.1, 0.15) is 16.1 Å².